The van der Waals surface area contributed by atoms with Crippen LogP contribution < -0.4 is 5.32 Å². The Morgan fingerprint density at radius 3 is 3.00 bits per heavy atom. The van der Waals surface area contributed by atoms with Crippen molar-refractivity contribution in [2.75, 3.05) is 26.2 Å². The van der Waals surface area contributed by atoms with Crippen LogP contribution in [0.15, 0.2) is 0 Å². The third kappa shape index (κ3) is 1.15. The van der Waals surface area contributed by atoms with E-state index in [4.69, 9.17) is 0 Å². The van der Waals surface area contributed by atoms with E-state index in [1.165, 1.54) is 58.3 Å². The summed E-state index contributed by atoms with van der Waals surface area (Å²) >= 11 is 0. The zero-order valence-corrected chi connectivity index (χ0v) is 8.39. The summed E-state index contributed by atoms with van der Waals surface area (Å²) in [7, 11) is 0. The highest BCUT2D eigenvalue weighted by molar-refractivity contribution is 5.04. The van der Waals surface area contributed by atoms with E-state index in [9.17, 15) is 0 Å². The van der Waals surface area contributed by atoms with Gasteiger partial charge in [-0.15, -0.1) is 0 Å². The summed E-state index contributed by atoms with van der Waals surface area (Å²) in [5, 5.41) is 3.56. The maximum Gasteiger partial charge on any atom is 0.0165 e. The predicted octanol–water partition coefficient (Wildman–Crippen LogP) is 1.22. The van der Waals surface area contributed by atoms with Crippen molar-refractivity contribution in [2.24, 2.45) is 5.41 Å². The molecule has 2 heteroatoms. The number of piperidine rings is 1. The molecule has 3 saturated heterocycles. The van der Waals surface area contributed by atoms with Crippen molar-refractivity contribution >= 4 is 0 Å². The fourth-order valence-electron chi connectivity index (χ4n) is 3.75. The van der Waals surface area contributed by atoms with Crippen molar-refractivity contribution in [3.05, 3.63) is 0 Å². The molecule has 2 atom stereocenters. The van der Waals surface area contributed by atoms with E-state index >= 15 is 0 Å². The Kier molecular flexibility index (Phi) is 1.88. The van der Waals surface area contributed by atoms with Crippen molar-refractivity contribution in [1.29, 1.82) is 0 Å². The first kappa shape index (κ1) is 8.25. The smallest absolute Gasteiger partial charge is 0.0165 e. The highest BCUT2D eigenvalue weighted by Gasteiger charge is 2.48. The van der Waals surface area contributed by atoms with Gasteiger partial charge in [-0.2, -0.15) is 0 Å². The van der Waals surface area contributed by atoms with Gasteiger partial charge in [-0.3, -0.25) is 4.90 Å². The van der Waals surface area contributed by atoms with Crippen LogP contribution in [0.25, 0.3) is 0 Å². The van der Waals surface area contributed by atoms with Crippen LogP contribution in [0.4, 0.5) is 0 Å². The molecule has 74 valence electrons. The summed E-state index contributed by atoms with van der Waals surface area (Å²) in [5.41, 5.74) is 0.695. The van der Waals surface area contributed by atoms with Gasteiger partial charge in [0, 0.05) is 18.0 Å². The lowest BCUT2D eigenvalue weighted by atomic mass is 9.76. The van der Waals surface area contributed by atoms with E-state index in [0.717, 1.165) is 6.04 Å². The average Bonchev–Trinajstić information content (AvgIpc) is 2.78. The lowest BCUT2D eigenvalue weighted by Crippen LogP contribution is -2.43. The molecule has 3 rings (SSSR count). The largest absolute Gasteiger partial charge is 0.316 e. The number of nitrogens with one attached hydrogen (secondary N) is 1. The van der Waals surface area contributed by atoms with Gasteiger partial charge in [-0.1, -0.05) is 6.42 Å². The van der Waals surface area contributed by atoms with Crippen LogP contribution in [0.3, 0.4) is 0 Å². The van der Waals surface area contributed by atoms with Gasteiger partial charge in [-0.25, -0.2) is 0 Å². The van der Waals surface area contributed by atoms with Gasteiger partial charge in [0.1, 0.15) is 0 Å². The molecule has 0 aromatic carbocycles. The molecule has 3 fully saturated rings. The minimum atomic E-state index is 0.695. The van der Waals surface area contributed by atoms with Crippen molar-refractivity contribution in [3.8, 4) is 0 Å². The SMILES string of the molecule is C1CCN2CCC3(CCNC3)C2C1. The second-order valence-corrected chi connectivity index (χ2v) is 5.09. The van der Waals surface area contributed by atoms with E-state index < -0.39 is 0 Å². The Hall–Kier alpha value is -0.0800. The van der Waals surface area contributed by atoms with Gasteiger partial charge < -0.3 is 5.32 Å². The molecule has 1 N–H and O–H groups in total. The Morgan fingerprint density at radius 2 is 2.15 bits per heavy atom. The number of fused-ring (bicyclic) bond motifs is 2. The summed E-state index contributed by atoms with van der Waals surface area (Å²) in [5.74, 6) is 0. The lowest BCUT2D eigenvalue weighted by Gasteiger charge is -2.38. The third-order valence-corrected chi connectivity index (χ3v) is 4.49. The molecule has 2 nitrogen and oxygen atoms in total. The molecule has 0 aliphatic carbocycles. The Bertz CT molecular complexity index is 196. The molecular formula is C11H20N2. The first-order valence-corrected chi connectivity index (χ1v) is 5.86. The van der Waals surface area contributed by atoms with E-state index in [1.807, 2.05) is 0 Å². The number of rotatable bonds is 0. The van der Waals surface area contributed by atoms with Crippen LogP contribution in [-0.2, 0) is 0 Å². The first-order valence-electron chi connectivity index (χ1n) is 5.86. The number of hydrogen-bond donors (Lipinski definition) is 1. The molecule has 3 heterocycles. The summed E-state index contributed by atoms with van der Waals surface area (Å²) in [6, 6.07) is 0.941. The topological polar surface area (TPSA) is 15.3 Å². The van der Waals surface area contributed by atoms with E-state index in [0.29, 0.717) is 5.41 Å². The molecule has 0 aromatic heterocycles. The van der Waals surface area contributed by atoms with E-state index in [2.05, 4.69) is 10.2 Å². The Morgan fingerprint density at radius 1 is 1.15 bits per heavy atom. The molecule has 0 aromatic rings. The quantitative estimate of drug-likeness (QED) is 0.603. The van der Waals surface area contributed by atoms with Crippen molar-refractivity contribution in [3.63, 3.8) is 0 Å². The molecule has 0 saturated carbocycles. The highest BCUT2D eigenvalue weighted by atomic mass is 15.2. The van der Waals surface area contributed by atoms with Crippen molar-refractivity contribution < 1.29 is 0 Å². The maximum absolute atomic E-state index is 3.56. The molecule has 2 unspecified atom stereocenters. The minimum absolute atomic E-state index is 0.695. The van der Waals surface area contributed by atoms with E-state index in [1.54, 1.807) is 0 Å². The van der Waals surface area contributed by atoms with Gasteiger partial charge in [0.25, 0.3) is 0 Å². The molecule has 3 aliphatic heterocycles. The van der Waals surface area contributed by atoms with E-state index in [-0.39, 0.29) is 0 Å². The summed E-state index contributed by atoms with van der Waals surface area (Å²) < 4.78 is 0. The third-order valence-electron chi connectivity index (χ3n) is 4.49. The van der Waals surface area contributed by atoms with Gasteiger partial charge in [0.05, 0.1) is 0 Å². The zero-order chi connectivity index (χ0) is 8.73. The second kappa shape index (κ2) is 2.96. The molecule has 0 amide bonds. The molecule has 3 aliphatic rings. The lowest BCUT2D eigenvalue weighted by molar-refractivity contribution is 0.125. The van der Waals surface area contributed by atoms with Gasteiger partial charge in [0.2, 0.25) is 0 Å². The fraction of sp³-hybridized carbons (Fsp3) is 1.00. The number of nitrogens with zero attached hydrogens (tertiary/aromatic N) is 1. The Labute approximate surface area is 80.7 Å². The Balaban J connectivity index is 1.82. The van der Waals surface area contributed by atoms with Gasteiger partial charge in [-0.05, 0) is 45.3 Å². The van der Waals surface area contributed by atoms with Crippen LogP contribution in [0.1, 0.15) is 32.1 Å². The predicted molar refractivity (Wildman–Crippen MR) is 53.7 cm³/mol. The summed E-state index contributed by atoms with van der Waals surface area (Å²) in [6.45, 7) is 5.33. The van der Waals surface area contributed by atoms with Crippen LogP contribution in [-0.4, -0.2) is 37.1 Å². The average molecular weight is 180 g/mol. The fourth-order valence-corrected chi connectivity index (χ4v) is 3.75. The molecule has 13 heavy (non-hydrogen) atoms. The summed E-state index contributed by atoms with van der Waals surface area (Å²) in [4.78, 5) is 2.76. The van der Waals surface area contributed by atoms with Crippen molar-refractivity contribution in [1.82, 2.24) is 10.2 Å². The standard InChI is InChI=1S/C11H20N2/c1-2-7-13-8-5-11(10(13)3-1)4-6-12-9-11/h10,12H,1-9H2. The van der Waals surface area contributed by atoms with Crippen LogP contribution in [0, 0.1) is 5.41 Å². The van der Waals surface area contributed by atoms with Crippen molar-refractivity contribution in [2.45, 2.75) is 38.1 Å². The number of hydrogen-bond acceptors (Lipinski definition) is 2. The summed E-state index contributed by atoms with van der Waals surface area (Å²) in [6.07, 6.45) is 7.30. The van der Waals surface area contributed by atoms with Crippen LogP contribution in [0.5, 0.6) is 0 Å². The van der Waals surface area contributed by atoms with Crippen LogP contribution in [0.2, 0.25) is 0 Å². The monoisotopic (exact) mass is 180 g/mol. The molecule has 1 spiro atoms. The first-order chi connectivity index (χ1) is 6.41. The maximum atomic E-state index is 3.56. The highest BCUT2D eigenvalue weighted by Crippen LogP contribution is 2.45. The van der Waals surface area contributed by atoms with Crippen LogP contribution >= 0.6 is 0 Å². The van der Waals surface area contributed by atoms with Gasteiger partial charge >= 0.3 is 0 Å². The molecular weight excluding hydrogens is 160 g/mol. The minimum Gasteiger partial charge on any atom is -0.316 e. The van der Waals surface area contributed by atoms with Gasteiger partial charge in [0.15, 0.2) is 0 Å². The zero-order valence-electron chi connectivity index (χ0n) is 8.39. The normalized spacial score (nSPS) is 45.7. The molecule has 0 bridgehead atoms. The molecule has 0 radical (unpaired) electrons. The second-order valence-electron chi connectivity index (χ2n) is 5.09.